The Bertz CT molecular complexity index is 1490. The molecule has 11 heteroatoms. The van der Waals surface area contributed by atoms with Crippen molar-refractivity contribution >= 4 is 34.4 Å². The van der Waals surface area contributed by atoms with Gasteiger partial charge in [0.1, 0.15) is 23.9 Å². The molecule has 46 heavy (non-hydrogen) atoms. The van der Waals surface area contributed by atoms with Crippen molar-refractivity contribution in [1.29, 1.82) is 0 Å². The fourth-order valence-electron chi connectivity index (χ4n) is 9.96. The Labute approximate surface area is 274 Å². The molecule has 6 rings (SSSR count). The minimum atomic E-state index is -2.52. The van der Waals surface area contributed by atoms with E-state index in [2.05, 4.69) is 26.2 Å². The van der Waals surface area contributed by atoms with E-state index in [1.165, 1.54) is 6.92 Å². The van der Waals surface area contributed by atoms with Crippen molar-refractivity contribution < 1.29 is 42.6 Å². The summed E-state index contributed by atoms with van der Waals surface area (Å²) < 4.78 is 33.3. The van der Waals surface area contributed by atoms with Crippen LogP contribution in [-0.4, -0.2) is 81.7 Å². The van der Waals surface area contributed by atoms with Gasteiger partial charge in [-0.25, -0.2) is 4.79 Å². The molecule has 5 aliphatic rings. The number of hydrogen-bond donors (Lipinski definition) is 1. The van der Waals surface area contributed by atoms with Gasteiger partial charge in [-0.3, -0.25) is 9.59 Å². The number of carbonyl (C=O) groups excluding carboxylic acids is 3. The lowest BCUT2D eigenvalue weighted by Gasteiger charge is -2.68. The van der Waals surface area contributed by atoms with E-state index in [-0.39, 0.29) is 24.7 Å². The largest absolute Gasteiger partial charge is 0.455 e. The van der Waals surface area contributed by atoms with Gasteiger partial charge in [-0.2, -0.15) is 0 Å². The molecule has 4 bridgehead atoms. The minimum Gasteiger partial charge on any atom is -0.455 e. The molecule has 2 saturated carbocycles. The third-order valence-corrected chi connectivity index (χ3v) is 20.6. The van der Waals surface area contributed by atoms with Crippen LogP contribution >= 0.6 is 0 Å². The number of hydrogen-bond acceptors (Lipinski definition) is 9. The van der Waals surface area contributed by atoms with Gasteiger partial charge in [0.05, 0.1) is 29.6 Å². The first kappa shape index (κ1) is 33.7. The van der Waals surface area contributed by atoms with Gasteiger partial charge in [-0.05, 0) is 75.7 Å². The van der Waals surface area contributed by atoms with Crippen molar-refractivity contribution in [3.8, 4) is 0 Å². The predicted octanol–water partition coefficient (Wildman–Crippen LogP) is 5.37. The van der Waals surface area contributed by atoms with Crippen LogP contribution in [0, 0.1) is 22.7 Å². The predicted molar refractivity (Wildman–Crippen MR) is 176 cm³/mol. The molecule has 2 saturated heterocycles. The first-order valence-electron chi connectivity index (χ1n) is 16.6. The number of fused-ring (bicyclic) bond motifs is 6. The van der Waals surface area contributed by atoms with Crippen LogP contribution in [0.1, 0.15) is 64.7 Å². The average molecular weight is 671 g/mol. The third-order valence-electron chi connectivity index (χ3n) is 12.0. The van der Waals surface area contributed by atoms with Crippen LogP contribution in [-0.2, 0) is 32.7 Å². The van der Waals surface area contributed by atoms with Crippen molar-refractivity contribution in [3.63, 3.8) is 0 Å². The van der Waals surface area contributed by atoms with Crippen molar-refractivity contribution in [1.82, 2.24) is 0 Å². The van der Waals surface area contributed by atoms with Crippen molar-refractivity contribution in [2.24, 2.45) is 22.7 Å². The number of rotatable bonds is 3. The Morgan fingerprint density at radius 3 is 2.22 bits per heavy atom. The van der Waals surface area contributed by atoms with Gasteiger partial charge in [0.15, 0.2) is 28.0 Å². The van der Waals surface area contributed by atoms with Crippen LogP contribution in [0.5, 0.6) is 0 Å². The SMILES string of the molecule is CC(=O)O[C@@]12CO[C@@H]1CC1O[Si](C)(C)C[Si](C)(C)OC3C(=O)[C@@]1(C)C2[C@H](OC(=O)c1ccccc1)[C@]1(O)C[C@H](C)C(C)=C3C1(C)C. The van der Waals surface area contributed by atoms with Crippen molar-refractivity contribution in [2.75, 3.05) is 6.61 Å². The van der Waals surface area contributed by atoms with E-state index >= 15 is 4.79 Å². The lowest BCUT2D eigenvalue weighted by atomic mass is 9.44. The number of carbonyl (C=O) groups is 3. The molecule has 9 nitrogen and oxygen atoms in total. The second-order valence-corrected chi connectivity index (χ2v) is 25.4. The number of Topliss-reactive ketones (excluding diaryl/α,β-unsaturated/α-hetero) is 1. The molecule has 3 unspecified atom stereocenters. The number of ether oxygens (including phenoxy) is 3. The Kier molecular flexibility index (Phi) is 7.83. The maximum atomic E-state index is 15.7. The van der Waals surface area contributed by atoms with Crippen LogP contribution in [0.25, 0.3) is 0 Å². The minimum absolute atomic E-state index is 0.0112. The molecule has 4 fully saturated rings. The molecule has 0 amide bonds. The molecule has 1 aromatic rings. The molecule has 3 aliphatic carbocycles. The van der Waals surface area contributed by atoms with Crippen molar-refractivity contribution in [3.05, 3.63) is 47.0 Å². The summed E-state index contributed by atoms with van der Waals surface area (Å²) in [6.07, 6.45) is -2.86. The van der Waals surface area contributed by atoms with Gasteiger partial charge in [0, 0.05) is 18.8 Å². The smallest absolute Gasteiger partial charge is 0.338 e. The normalized spacial score (nSPS) is 42.1. The van der Waals surface area contributed by atoms with Gasteiger partial charge in [-0.15, -0.1) is 0 Å². The molecule has 0 aromatic heterocycles. The van der Waals surface area contributed by atoms with Crippen LogP contribution in [0.3, 0.4) is 0 Å². The average Bonchev–Trinajstić information content (AvgIpc) is 2.95. The van der Waals surface area contributed by atoms with Gasteiger partial charge >= 0.3 is 11.9 Å². The van der Waals surface area contributed by atoms with Gasteiger partial charge in [-0.1, -0.05) is 44.5 Å². The summed E-state index contributed by atoms with van der Waals surface area (Å²) in [4.78, 5) is 42.7. The van der Waals surface area contributed by atoms with Crippen LogP contribution in [0.4, 0.5) is 0 Å². The van der Waals surface area contributed by atoms with E-state index < -0.39 is 80.9 Å². The number of aliphatic hydroxyl groups is 1. The van der Waals surface area contributed by atoms with E-state index in [1.54, 1.807) is 24.3 Å². The molecular weight excluding hydrogens is 621 g/mol. The van der Waals surface area contributed by atoms with Crippen LogP contribution in [0.2, 0.25) is 31.9 Å². The summed E-state index contributed by atoms with van der Waals surface area (Å²) in [7, 11) is -4.99. The molecular formula is C35H50O9Si2. The van der Waals surface area contributed by atoms with Gasteiger partial charge < -0.3 is 28.2 Å². The zero-order valence-electron chi connectivity index (χ0n) is 28.9. The number of allylic oxidation sites excluding steroid dienone is 1. The molecule has 1 N–H and O–H groups in total. The van der Waals surface area contributed by atoms with E-state index in [9.17, 15) is 14.7 Å². The standard InChI is InChI=1S/C35H50O9Si2/c1-20-17-35(39)30(41-31(38)23-14-12-11-13-15-23)28-33(6)24(16-25-34(28,18-40-25)42-22(3)36)43-45(7,8)19-46(9,10)44-27(29(33)37)26(21(20)2)32(35,4)5/h11-15,20,24-25,27-28,30,39H,16-19H2,1-10H3/t20-,24?,25+,27?,28?,30-,33+,34-,35+/m0/s1. The Hall–Kier alpha value is -2.16. The fraction of sp³-hybridized carbons (Fsp3) is 0.686. The summed E-state index contributed by atoms with van der Waals surface area (Å²) in [5.74, 6) is -2.46. The van der Waals surface area contributed by atoms with E-state index in [4.69, 9.17) is 23.1 Å². The molecule has 2 heterocycles. The highest BCUT2D eigenvalue weighted by Crippen LogP contribution is 2.65. The van der Waals surface area contributed by atoms with Gasteiger partial charge in [0.25, 0.3) is 0 Å². The zero-order valence-corrected chi connectivity index (χ0v) is 30.9. The third kappa shape index (κ3) is 4.78. The molecule has 0 spiro atoms. The summed E-state index contributed by atoms with van der Waals surface area (Å²) >= 11 is 0. The molecule has 252 valence electrons. The fourth-order valence-corrected chi connectivity index (χ4v) is 20.8. The molecule has 9 atom stereocenters. The monoisotopic (exact) mass is 670 g/mol. The number of ketones is 1. The van der Waals surface area contributed by atoms with E-state index in [0.717, 1.165) is 16.8 Å². The Morgan fingerprint density at radius 2 is 1.63 bits per heavy atom. The summed E-state index contributed by atoms with van der Waals surface area (Å²) in [5.41, 5.74) is -2.60. The number of esters is 2. The maximum Gasteiger partial charge on any atom is 0.338 e. The Balaban J connectivity index is 1.70. The molecule has 2 aliphatic heterocycles. The highest BCUT2D eigenvalue weighted by molar-refractivity contribution is 6.89. The van der Waals surface area contributed by atoms with E-state index in [1.807, 2.05) is 40.7 Å². The number of benzene rings is 1. The first-order valence-corrected chi connectivity index (χ1v) is 22.8. The zero-order chi connectivity index (χ0) is 33.8. The molecule has 1 aromatic carbocycles. The molecule has 0 radical (unpaired) electrons. The Morgan fingerprint density at radius 1 is 1.00 bits per heavy atom. The quantitative estimate of drug-likeness (QED) is 0.257. The highest BCUT2D eigenvalue weighted by atomic mass is 28.4. The van der Waals surface area contributed by atoms with Crippen LogP contribution in [0.15, 0.2) is 41.5 Å². The maximum absolute atomic E-state index is 15.7. The second-order valence-electron chi connectivity index (χ2n) is 16.5. The van der Waals surface area contributed by atoms with Gasteiger partial charge in [0.2, 0.25) is 0 Å². The van der Waals surface area contributed by atoms with Crippen LogP contribution < -0.4 is 0 Å². The summed E-state index contributed by atoms with van der Waals surface area (Å²) in [6.45, 7) is 19.8. The first-order chi connectivity index (χ1) is 21.2. The van der Waals surface area contributed by atoms with Crippen molar-refractivity contribution in [2.45, 2.75) is 122 Å². The topological polar surface area (TPSA) is 118 Å². The highest BCUT2D eigenvalue weighted by Gasteiger charge is 2.78. The lowest BCUT2D eigenvalue weighted by molar-refractivity contribution is -0.344. The second kappa shape index (κ2) is 10.7. The lowest BCUT2D eigenvalue weighted by Crippen LogP contribution is -2.82. The summed E-state index contributed by atoms with van der Waals surface area (Å²) in [6, 6.07) is 8.66. The summed E-state index contributed by atoms with van der Waals surface area (Å²) in [5, 5.41) is 13.4. The van der Waals surface area contributed by atoms with E-state index in [0.29, 0.717) is 12.0 Å².